The van der Waals surface area contributed by atoms with Gasteiger partial charge in [0.15, 0.2) is 0 Å². The molecule has 1 aromatic carbocycles. The third-order valence-corrected chi connectivity index (χ3v) is 4.45. The molecule has 0 spiro atoms. The smallest absolute Gasteiger partial charge is 0.124 e. The van der Waals surface area contributed by atoms with Crippen LogP contribution in [0.2, 0.25) is 5.02 Å². The van der Waals surface area contributed by atoms with Gasteiger partial charge in [-0.05, 0) is 24.1 Å². The fraction of sp³-hybridized carbons (Fsp3) is 0.500. The maximum atomic E-state index is 13.0. The first-order valence-corrected chi connectivity index (χ1v) is 6.87. The summed E-state index contributed by atoms with van der Waals surface area (Å²) >= 11 is 6.08. The molecule has 2 aliphatic rings. The van der Waals surface area contributed by atoms with E-state index in [1.54, 1.807) is 6.07 Å². The summed E-state index contributed by atoms with van der Waals surface area (Å²) in [5, 5.41) is 9.66. The van der Waals surface area contributed by atoms with E-state index in [1.165, 1.54) is 12.1 Å². The van der Waals surface area contributed by atoms with E-state index in [0.29, 0.717) is 17.6 Å². The molecule has 0 radical (unpaired) electrons. The normalized spacial score (nSPS) is 30.3. The number of benzene rings is 1. The highest BCUT2D eigenvalue weighted by Gasteiger charge is 2.38. The molecular formula is C14H15ClFN3. The van der Waals surface area contributed by atoms with E-state index in [9.17, 15) is 9.65 Å². The van der Waals surface area contributed by atoms with Gasteiger partial charge in [0.1, 0.15) is 11.9 Å². The Morgan fingerprint density at radius 3 is 3.00 bits per heavy atom. The van der Waals surface area contributed by atoms with Crippen LogP contribution in [0.4, 0.5) is 4.39 Å². The molecule has 0 saturated carbocycles. The SMILES string of the molecule is N#CC1CN(Cc2ccc(F)cc2Cl)C2CCN1C2. The minimum atomic E-state index is -0.311. The lowest BCUT2D eigenvalue weighted by Gasteiger charge is -2.37. The van der Waals surface area contributed by atoms with E-state index in [2.05, 4.69) is 15.9 Å². The maximum Gasteiger partial charge on any atom is 0.124 e. The van der Waals surface area contributed by atoms with Crippen LogP contribution in [-0.4, -0.2) is 41.5 Å². The lowest BCUT2D eigenvalue weighted by molar-refractivity contribution is 0.102. The second-order valence-electron chi connectivity index (χ2n) is 5.25. The molecule has 3 unspecified atom stereocenters. The van der Waals surface area contributed by atoms with E-state index in [0.717, 1.165) is 31.6 Å². The fourth-order valence-corrected chi connectivity index (χ4v) is 3.25. The molecule has 0 aromatic heterocycles. The van der Waals surface area contributed by atoms with Crippen molar-refractivity contribution in [1.82, 2.24) is 9.80 Å². The van der Waals surface area contributed by atoms with Crippen LogP contribution in [0.3, 0.4) is 0 Å². The Kier molecular flexibility index (Phi) is 3.44. The molecule has 0 N–H and O–H groups in total. The Morgan fingerprint density at radius 1 is 1.42 bits per heavy atom. The Hall–Kier alpha value is -1.15. The van der Waals surface area contributed by atoms with Gasteiger partial charge in [-0.3, -0.25) is 9.80 Å². The number of nitrogens with zero attached hydrogens (tertiary/aromatic N) is 3. The van der Waals surface area contributed by atoms with Crippen molar-refractivity contribution in [2.24, 2.45) is 0 Å². The van der Waals surface area contributed by atoms with Gasteiger partial charge in [0.2, 0.25) is 0 Å². The molecule has 2 heterocycles. The van der Waals surface area contributed by atoms with Crippen molar-refractivity contribution in [3.05, 3.63) is 34.6 Å². The van der Waals surface area contributed by atoms with E-state index in [1.807, 2.05) is 0 Å². The molecule has 2 saturated heterocycles. The number of hydrogen-bond donors (Lipinski definition) is 0. The number of piperazine rings is 1. The fourth-order valence-electron chi connectivity index (χ4n) is 3.02. The molecule has 0 aliphatic carbocycles. The van der Waals surface area contributed by atoms with E-state index < -0.39 is 0 Å². The van der Waals surface area contributed by atoms with Gasteiger partial charge in [-0.25, -0.2) is 4.39 Å². The lowest BCUT2D eigenvalue weighted by Crippen LogP contribution is -2.51. The molecule has 2 fully saturated rings. The Labute approximate surface area is 117 Å². The number of halogens is 2. The zero-order valence-corrected chi connectivity index (χ0v) is 11.3. The molecule has 2 aliphatic heterocycles. The van der Waals surface area contributed by atoms with Crippen LogP contribution in [0.5, 0.6) is 0 Å². The average molecular weight is 280 g/mol. The van der Waals surface area contributed by atoms with Crippen LogP contribution in [0.15, 0.2) is 18.2 Å². The van der Waals surface area contributed by atoms with Crippen LogP contribution in [0, 0.1) is 17.1 Å². The van der Waals surface area contributed by atoms with Crippen molar-refractivity contribution in [2.75, 3.05) is 19.6 Å². The Morgan fingerprint density at radius 2 is 2.26 bits per heavy atom. The zero-order valence-electron chi connectivity index (χ0n) is 10.5. The summed E-state index contributed by atoms with van der Waals surface area (Å²) in [6.07, 6.45) is 1.09. The Balaban J connectivity index is 1.77. The summed E-state index contributed by atoms with van der Waals surface area (Å²) in [4.78, 5) is 4.55. The summed E-state index contributed by atoms with van der Waals surface area (Å²) in [7, 11) is 0. The summed E-state index contributed by atoms with van der Waals surface area (Å²) in [5.74, 6) is -0.311. The van der Waals surface area contributed by atoms with Gasteiger partial charge in [-0.15, -0.1) is 0 Å². The van der Waals surface area contributed by atoms with Crippen molar-refractivity contribution in [2.45, 2.75) is 25.0 Å². The molecule has 19 heavy (non-hydrogen) atoms. The largest absolute Gasteiger partial charge is 0.292 e. The zero-order chi connectivity index (χ0) is 13.4. The van der Waals surface area contributed by atoms with Crippen molar-refractivity contribution >= 4 is 11.6 Å². The highest BCUT2D eigenvalue weighted by Crippen LogP contribution is 2.28. The standard InChI is InChI=1S/C14H15ClFN3/c15-14-5-11(16)2-1-10(14)7-19-9-13(6-17)18-4-3-12(19)8-18/h1-2,5,12-13H,3-4,7-9H2. The van der Waals surface area contributed by atoms with Gasteiger partial charge in [-0.2, -0.15) is 5.26 Å². The van der Waals surface area contributed by atoms with Gasteiger partial charge in [0.05, 0.1) is 6.07 Å². The molecule has 2 bridgehead atoms. The monoisotopic (exact) mass is 279 g/mol. The number of rotatable bonds is 2. The predicted octanol–water partition coefficient (Wildman–Crippen LogP) is 2.26. The molecule has 3 rings (SSSR count). The molecule has 0 amide bonds. The summed E-state index contributed by atoms with van der Waals surface area (Å²) < 4.78 is 13.0. The van der Waals surface area contributed by atoms with Crippen LogP contribution >= 0.6 is 11.6 Å². The maximum absolute atomic E-state index is 13.0. The second-order valence-corrected chi connectivity index (χ2v) is 5.65. The quantitative estimate of drug-likeness (QED) is 0.832. The average Bonchev–Trinajstić information content (AvgIpc) is 2.81. The topological polar surface area (TPSA) is 30.3 Å². The molecule has 3 atom stereocenters. The first kappa shape index (κ1) is 12.9. The minimum absolute atomic E-state index is 0.0297. The molecule has 5 heteroatoms. The number of nitriles is 1. The number of fused-ring (bicyclic) bond motifs is 2. The van der Waals surface area contributed by atoms with Crippen molar-refractivity contribution in [1.29, 1.82) is 5.26 Å². The van der Waals surface area contributed by atoms with Crippen molar-refractivity contribution in [3.63, 3.8) is 0 Å². The lowest BCUT2D eigenvalue weighted by atomic mass is 10.1. The third-order valence-electron chi connectivity index (χ3n) is 4.10. The van der Waals surface area contributed by atoms with Gasteiger partial charge in [0.25, 0.3) is 0 Å². The highest BCUT2D eigenvalue weighted by molar-refractivity contribution is 6.31. The van der Waals surface area contributed by atoms with E-state index >= 15 is 0 Å². The van der Waals surface area contributed by atoms with E-state index in [4.69, 9.17) is 11.6 Å². The van der Waals surface area contributed by atoms with Crippen LogP contribution in [0.1, 0.15) is 12.0 Å². The first-order valence-electron chi connectivity index (χ1n) is 6.49. The highest BCUT2D eigenvalue weighted by atomic mass is 35.5. The van der Waals surface area contributed by atoms with Gasteiger partial charge < -0.3 is 0 Å². The number of hydrogen-bond acceptors (Lipinski definition) is 3. The molecule has 100 valence electrons. The van der Waals surface area contributed by atoms with Crippen LogP contribution in [0.25, 0.3) is 0 Å². The van der Waals surface area contributed by atoms with Gasteiger partial charge >= 0.3 is 0 Å². The van der Waals surface area contributed by atoms with Crippen LogP contribution in [-0.2, 0) is 6.54 Å². The van der Waals surface area contributed by atoms with E-state index in [-0.39, 0.29) is 11.9 Å². The second kappa shape index (κ2) is 5.09. The van der Waals surface area contributed by atoms with Gasteiger partial charge in [-0.1, -0.05) is 17.7 Å². The van der Waals surface area contributed by atoms with Crippen LogP contribution < -0.4 is 0 Å². The predicted molar refractivity (Wildman–Crippen MR) is 71.2 cm³/mol. The molecule has 3 nitrogen and oxygen atoms in total. The summed E-state index contributed by atoms with van der Waals surface area (Å²) in [6.45, 7) is 3.39. The summed E-state index contributed by atoms with van der Waals surface area (Å²) in [6, 6.07) is 7.35. The Bertz CT molecular complexity index is 528. The van der Waals surface area contributed by atoms with Crippen molar-refractivity contribution < 1.29 is 4.39 Å². The molecular weight excluding hydrogens is 265 g/mol. The minimum Gasteiger partial charge on any atom is -0.292 e. The molecule has 1 aromatic rings. The van der Waals surface area contributed by atoms with Gasteiger partial charge in [0, 0.05) is 37.2 Å². The van der Waals surface area contributed by atoms with Crippen molar-refractivity contribution in [3.8, 4) is 6.07 Å². The first-order chi connectivity index (χ1) is 9.17. The summed E-state index contributed by atoms with van der Waals surface area (Å²) in [5.41, 5.74) is 0.931. The third kappa shape index (κ3) is 2.46.